The summed E-state index contributed by atoms with van der Waals surface area (Å²) in [5.74, 6) is 0. The van der Waals surface area contributed by atoms with Crippen molar-refractivity contribution in [3.05, 3.63) is 21.9 Å². The number of rotatable bonds is 3. The highest BCUT2D eigenvalue weighted by Gasteiger charge is 2.27. The molecule has 1 N–H and O–H groups in total. The number of carbonyl (C=O) groups is 1. The summed E-state index contributed by atoms with van der Waals surface area (Å²) in [5, 5.41) is 3.56. The Hall–Kier alpha value is -1.07. The van der Waals surface area contributed by atoms with Crippen LogP contribution in [0, 0.1) is 6.92 Å². The third-order valence-electron chi connectivity index (χ3n) is 3.43. The van der Waals surface area contributed by atoms with E-state index >= 15 is 0 Å². The van der Waals surface area contributed by atoms with Crippen molar-refractivity contribution in [3.63, 3.8) is 0 Å². The number of hydrogen-bond donors (Lipinski definition) is 1. The Morgan fingerprint density at radius 2 is 2.24 bits per heavy atom. The van der Waals surface area contributed by atoms with Crippen molar-refractivity contribution in [1.29, 1.82) is 0 Å². The van der Waals surface area contributed by atoms with Gasteiger partial charge in [-0.3, -0.25) is 0 Å². The van der Waals surface area contributed by atoms with Gasteiger partial charge in [-0.15, -0.1) is 11.3 Å². The van der Waals surface area contributed by atoms with E-state index in [0.717, 1.165) is 32.5 Å². The summed E-state index contributed by atoms with van der Waals surface area (Å²) in [6.45, 7) is 10.3. The molecule has 1 amide bonds. The second-order valence-electron chi connectivity index (χ2n) is 6.66. The van der Waals surface area contributed by atoms with Crippen molar-refractivity contribution in [2.24, 2.45) is 0 Å². The third-order valence-corrected chi connectivity index (χ3v) is 4.43. The standard InChI is InChI=1S/C16H26N2O2S/c1-12-7-8-14(21-12)10-17-13-6-5-9-18(11-13)15(19)20-16(2,3)4/h7-8,13,17H,5-6,9-11H2,1-4H3. The number of piperidine rings is 1. The molecule has 118 valence electrons. The van der Waals surface area contributed by atoms with E-state index in [4.69, 9.17) is 4.74 Å². The van der Waals surface area contributed by atoms with Gasteiger partial charge in [0.05, 0.1) is 0 Å². The smallest absolute Gasteiger partial charge is 0.410 e. The molecular formula is C16H26N2O2S. The van der Waals surface area contributed by atoms with Crippen LogP contribution in [0.15, 0.2) is 12.1 Å². The molecule has 1 aliphatic rings. The van der Waals surface area contributed by atoms with E-state index in [9.17, 15) is 4.79 Å². The van der Waals surface area contributed by atoms with Crippen molar-refractivity contribution in [2.75, 3.05) is 13.1 Å². The minimum Gasteiger partial charge on any atom is -0.444 e. The highest BCUT2D eigenvalue weighted by Crippen LogP contribution is 2.18. The van der Waals surface area contributed by atoms with Crippen LogP contribution in [-0.4, -0.2) is 35.7 Å². The molecule has 1 aliphatic heterocycles. The van der Waals surface area contributed by atoms with E-state index in [1.165, 1.54) is 9.75 Å². The minimum absolute atomic E-state index is 0.194. The first-order valence-corrected chi connectivity index (χ1v) is 8.42. The summed E-state index contributed by atoms with van der Waals surface area (Å²) < 4.78 is 5.45. The van der Waals surface area contributed by atoms with Gasteiger partial charge in [-0.1, -0.05) is 0 Å². The Balaban J connectivity index is 1.81. The molecule has 1 saturated heterocycles. The largest absolute Gasteiger partial charge is 0.444 e. The molecule has 5 heteroatoms. The molecule has 0 aromatic carbocycles. The lowest BCUT2D eigenvalue weighted by molar-refractivity contribution is 0.0187. The highest BCUT2D eigenvalue weighted by molar-refractivity contribution is 7.11. The molecule has 0 radical (unpaired) electrons. The second-order valence-corrected chi connectivity index (χ2v) is 8.03. The van der Waals surface area contributed by atoms with Crippen molar-refractivity contribution in [1.82, 2.24) is 10.2 Å². The molecule has 0 bridgehead atoms. The van der Waals surface area contributed by atoms with E-state index < -0.39 is 5.60 Å². The Bertz CT molecular complexity index is 479. The Morgan fingerprint density at radius 1 is 1.48 bits per heavy atom. The van der Waals surface area contributed by atoms with Crippen LogP contribution >= 0.6 is 11.3 Å². The van der Waals surface area contributed by atoms with Crippen LogP contribution in [0.3, 0.4) is 0 Å². The van der Waals surface area contributed by atoms with Crippen LogP contribution in [0.4, 0.5) is 4.79 Å². The van der Waals surface area contributed by atoms with Gasteiger partial charge >= 0.3 is 6.09 Å². The number of carbonyl (C=O) groups excluding carboxylic acids is 1. The van der Waals surface area contributed by atoms with E-state index in [0.29, 0.717) is 6.04 Å². The van der Waals surface area contributed by atoms with E-state index in [2.05, 4.69) is 24.4 Å². The van der Waals surface area contributed by atoms with Gasteiger partial charge in [0.2, 0.25) is 0 Å². The molecule has 0 spiro atoms. The Labute approximate surface area is 131 Å². The third kappa shape index (κ3) is 5.32. The summed E-state index contributed by atoms with van der Waals surface area (Å²) >= 11 is 1.82. The number of nitrogens with zero attached hydrogens (tertiary/aromatic N) is 1. The molecule has 1 aromatic heterocycles. The average Bonchev–Trinajstić information content (AvgIpc) is 2.81. The predicted octanol–water partition coefficient (Wildman–Crippen LogP) is 3.55. The second kappa shape index (κ2) is 6.79. The number of nitrogens with one attached hydrogen (secondary N) is 1. The van der Waals surface area contributed by atoms with Crippen LogP contribution < -0.4 is 5.32 Å². The van der Waals surface area contributed by atoms with E-state index in [1.54, 1.807) is 0 Å². The van der Waals surface area contributed by atoms with Gasteiger partial charge < -0.3 is 15.0 Å². The quantitative estimate of drug-likeness (QED) is 0.928. The van der Waals surface area contributed by atoms with Crippen LogP contribution in [0.5, 0.6) is 0 Å². The summed E-state index contributed by atoms with van der Waals surface area (Å²) in [5.41, 5.74) is -0.425. The lowest BCUT2D eigenvalue weighted by Crippen LogP contribution is -2.49. The fraction of sp³-hybridized carbons (Fsp3) is 0.688. The van der Waals surface area contributed by atoms with Gasteiger partial charge in [0, 0.05) is 35.4 Å². The Morgan fingerprint density at radius 3 is 2.86 bits per heavy atom. The van der Waals surface area contributed by atoms with Gasteiger partial charge in [-0.25, -0.2) is 4.79 Å². The topological polar surface area (TPSA) is 41.6 Å². The first kappa shape index (κ1) is 16.3. The van der Waals surface area contributed by atoms with Gasteiger partial charge in [0.15, 0.2) is 0 Å². The fourth-order valence-corrected chi connectivity index (χ4v) is 3.30. The molecule has 4 nitrogen and oxygen atoms in total. The average molecular weight is 310 g/mol. The van der Waals surface area contributed by atoms with Crippen LogP contribution in [0.2, 0.25) is 0 Å². The lowest BCUT2D eigenvalue weighted by Gasteiger charge is -2.34. The number of likely N-dealkylation sites (tertiary alicyclic amines) is 1. The van der Waals surface area contributed by atoms with Gasteiger partial charge in [0.1, 0.15) is 5.60 Å². The number of aryl methyl sites for hydroxylation is 1. The van der Waals surface area contributed by atoms with Crippen LogP contribution in [0.1, 0.15) is 43.4 Å². The molecule has 21 heavy (non-hydrogen) atoms. The van der Waals surface area contributed by atoms with Crippen LogP contribution in [0.25, 0.3) is 0 Å². The maximum atomic E-state index is 12.1. The lowest BCUT2D eigenvalue weighted by atomic mass is 10.1. The molecule has 1 atom stereocenters. The normalized spacial score (nSPS) is 19.6. The summed E-state index contributed by atoms with van der Waals surface area (Å²) in [6, 6.07) is 4.67. The van der Waals surface area contributed by atoms with Crippen molar-refractivity contribution < 1.29 is 9.53 Å². The van der Waals surface area contributed by atoms with Gasteiger partial charge in [-0.05, 0) is 52.7 Å². The molecule has 1 aromatic rings. The molecule has 1 fully saturated rings. The number of ether oxygens (including phenoxy) is 1. The van der Waals surface area contributed by atoms with E-state index in [1.807, 2.05) is 37.0 Å². The molecule has 1 unspecified atom stereocenters. The molecule has 0 aliphatic carbocycles. The molecule has 2 heterocycles. The van der Waals surface area contributed by atoms with Crippen LogP contribution in [-0.2, 0) is 11.3 Å². The zero-order valence-corrected chi connectivity index (χ0v) is 14.3. The number of amides is 1. The summed E-state index contributed by atoms with van der Waals surface area (Å²) in [6.07, 6.45) is 1.95. The fourth-order valence-electron chi connectivity index (χ4n) is 2.46. The van der Waals surface area contributed by atoms with Crippen molar-refractivity contribution in [3.8, 4) is 0 Å². The van der Waals surface area contributed by atoms with Crippen molar-refractivity contribution >= 4 is 17.4 Å². The molecular weight excluding hydrogens is 284 g/mol. The predicted molar refractivity (Wildman–Crippen MR) is 86.7 cm³/mol. The Kier molecular flexibility index (Phi) is 5.27. The maximum absolute atomic E-state index is 12.1. The first-order valence-electron chi connectivity index (χ1n) is 7.60. The van der Waals surface area contributed by atoms with Gasteiger partial charge in [-0.2, -0.15) is 0 Å². The number of thiophene rings is 1. The SMILES string of the molecule is Cc1ccc(CNC2CCCN(C(=O)OC(C)(C)C)C2)s1. The molecule has 0 saturated carbocycles. The zero-order valence-electron chi connectivity index (χ0n) is 13.4. The van der Waals surface area contributed by atoms with Crippen molar-refractivity contribution in [2.45, 2.75) is 58.7 Å². The zero-order chi connectivity index (χ0) is 15.5. The first-order chi connectivity index (χ1) is 9.83. The molecule has 2 rings (SSSR count). The van der Waals surface area contributed by atoms with Gasteiger partial charge in [0.25, 0.3) is 0 Å². The van der Waals surface area contributed by atoms with E-state index in [-0.39, 0.29) is 6.09 Å². The summed E-state index contributed by atoms with van der Waals surface area (Å²) in [7, 11) is 0. The maximum Gasteiger partial charge on any atom is 0.410 e. The summed E-state index contributed by atoms with van der Waals surface area (Å²) in [4.78, 5) is 16.6. The highest BCUT2D eigenvalue weighted by atomic mass is 32.1. The monoisotopic (exact) mass is 310 g/mol. The number of hydrogen-bond acceptors (Lipinski definition) is 4. The minimum atomic E-state index is -0.425.